The molecule has 0 bridgehead atoms. The predicted molar refractivity (Wildman–Crippen MR) is 114 cm³/mol. The van der Waals surface area contributed by atoms with Gasteiger partial charge in [-0.25, -0.2) is 0 Å². The number of methoxy groups -OCH3 is 1. The Balaban J connectivity index is 1.47. The molecule has 1 unspecified atom stereocenters. The van der Waals surface area contributed by atoms with Gasteiger partial charge in [-0.3, -0.25) is 4.99 Å². The molecule has 2 aromatic rings. The maximum Gasteiger partial charge on any atom is 0.191 e. The highest BCUT2D eigenvalue weighted by Crippen LogP contribution is 2.19. The first kappa shape index (κ1) is 20.0. The van der Waals surface area contributed by atoms with Gasteiger partial charge in [-0.05, 0) is 36.2 Å². The molecule has 0 spiro atoms. The minimum atomic E-state index is 0.384. The number of ether oxygens (including phenoxy) is 2. The van der Waals surface area contributed by atoms with Gasteiger partial charge in [0.1, 0.15) is 12.4 Å². The van der Waals surface area contributed by atoms with Crippen LogP contribution in [0.15, 0.2) is 59.6 Å². The van der Waals surface area contributed by atoms with Gasteiger partial charge in [0.05, 0.1) is 6.61 Å². The molecule has 2 N–H and O–H groups in total. The van der Waals surface area contributed by atoms with E-state index in [1.54, 1.807) is 7.11 Å². The Morgan fingerprint density at radius 2 is 2.00 bits per heavy atom. The summed E-state index contributed by atoms with van der Waals surface area (Å²) in [5.41, 5.74) is 2.43. The number of benzene rings is 2. The van der Waals surface area contributed by atoms with E-state index in [1.807, 2.05) is 25.2 Å². The molecular formula is C22H30N4O2. The minimum absolute atomic E-state index is 0.384. The Kier molecular flexibility index (Phi) is 7.55. The Morgan fingerprint density at radius 1 is 1.14 bits per heavy atom. The molecule has 0 radical (unpaired) electrons. The number of rotatable bonds is 8. The zero-order chi connectivity index (χ0) is 19.6. The number of nitrogens with zero attached hydrogens (tertiary/aromatic N) is 2. The fourth-order valence-corrected chi connectivity index (χ4v) is 3.31. The van der Waals surface area contributed by atoms with Crippen molar-refractivity contribution in [2.24, 2.45) is 4.99 Å². The van der Waals surface area contributed by atoms with Gasteiger partial charge < -0.3 is 25.0 Å². The molecule has 1 saturated heterocycles. The molecule has 1 aliphatic heterocycles. The molecule has 0 aromatic heterocycles. The second kappa shape index (κ2) is 10.6. The lowest BCUT2D eigenvalue weighted by Gasteiger charge is -2.20. The van der Waals surface area contributed by atoms with E-state index in [0.717, 1.165) is 36.8 Å². The van der Waals surface area contributed by atoms with Crippen molar-refractivity contribution in [3.63, 3.8) is 0 Å². The summed E-state index contributed by atoms with van der Waals surface area (Å²) in [6, 6.07) is 19.0. The van der Waals surface area contributed by atoms with Crippen LogP contribution in [0, 0.1) is 0 Å². The van der Waals surface area contributed by atoms with Crippen LogP contribution in [-0.2, 0) is 11.3 Å². The van der Waals surface area contributed by atoms with Crippen molar-refractivity contribution in [2.75, 3.05) is 45.4 Å². The smallest absolute Gasteiger partial charge is 0.191 e. The maximum absolute atomic E-state index is 5.68. The molecule has 3 rings (SSSR count). The summed E-state index contributed by atoms with van der Waals surface area (Å²) in [5.74, 6) is 1.68. The summed E-state index contributed by atoms with van der Waals surface area (Å²) in [6.07, 6.45) is 1.10. The van der Waals surface area contributed by atoms with Gasteiger partial charge in [-0.2, -0.15) is 0 Å². The van der Waals surface area contributed by atoms with Gasteiger partial charge >= 0.3 is 0 Å². The molecule has 1 atom stereocenters. The molecule has 0 aliphatic carbocycles. The van der Waals surface area contributed by atoms with E-state index in [0.29, 0.717) is 25.8 Å². The Bertz CT molecular complexity index is 751. The first-order valence-electron chi connectivity index (χ1n) is 9.76. The lowest BCUT2D eigenvalue weighted by molar-refractivity contribution is 0.146. The predicted octanol–water partition coefficient (Wildman–Crippen LogP) is 2.66. The van der Waals surface area contributed by atoms with E-state index in [1.165, 1.54) is 5.69 Å². The first-order valence-corrected chi connectivity index (χ1v) is 9.76. The van der Waals surface area contributed by atoms with E-state index < -0.39 is 0 Å². The van der Waals surface area contributed by atoms with Crippen LogP contribution in [0.5, 0.6) is 5.75 Å². The fourth-order valence-electron chi connectivity index (χ4n) is 3.31. The first-order chi connectivity index (χ1) is 13.8. The maximum atomic E-state index is 5.68. The molecule has 1 aliphatic rings. The van der Waals surface area contributed by atoms with Crippen molar-refractivity contribution in [1.29, 1.82) is 0 Å². The minimum Gasteiger partial charge on any atom is -0.491 e. The van der Waals surface area contributed by atoms with Crippen molar-refractivity contribution < 1.29 is 9.47 Å². The number of nitrogens with one attached hydrogen (secondary N) is 2. The van der Waals surface area contributed by atoms with Crippen molar-refractivity contribution >= 4 is 11.6 Å². The van der Waals surface area contributed by atoms with E-state index in [-0.39, 0.29) is 0 Å². The normalized spacial score (nSPS) is 16.9. The Morgan fingerprint density at radius 3 is 2.79 bits per heavy atom. The number of hydrogen-bond donors (Lipinski definition) is 2. The molecule has 6 heteroatoms. The molecule has 1 fully saturated rings. The van der Waals surface area contributed by atoms with Crippen LogP contribution in [0.3, 0.4) is 0 Å². The van der Waals surface area contributed by atoms with Crippen LogP contribution in [0.2, 0.25) is 0 Å². The van der Waals surface area contributed by atoms with Gasteiger partial charge in [0.2, 0.25) is 0 Å². The van der Waals surface area contributed by atoms with Crippen molar-refractivity contribution in [1.82, 2.24) is 10.6 Å². The highest BCUT2D eigenvalue weighted by atomic mass is 16.5. The number of anilines is 1. The lowest BCUT2D eigenvalue weighted by Crippen LogP contribution is -2.44. The van der Waals surface area contributed by atoms with Gasteiger partial charge in [0.25, 0.3) is 0 Å². The highest BCUT2D eigenvalue weighted by molar-refractivity contribution is 5.80. The molecule has 28 heavy (non-hydrogen) atoms. The number of para-hydroxylation sites is 1. The molecule has 150 valence electrons. The Labute approximate surface area is 167 Å². The summed E-state index contributed by atoms with van der Waals surface area (Å²) in [4.78, 5) is 6.78. The third-order valence-corrected chi connectivity index (χ3v) is 4.79. The van der Waals surface area contributed by atoms with E-state index >= 15 is 0 Å². The van der Waals surface area contributed by atoms with Crippen LogP contribution in [0.1, 0.15) is 12.0 Å². The van der Waals surface area contributed by atoms with Crippen molar-refractivity contribution in [2.45, 2.75) is 19.0 Å². The average Bonchev–Trinajstić information content (AvgIpc) is 3.21. The van der Waals surface area contributed by atoms with Crippen molar-refractivity contribution in [3.8, 4) is 5.75 Å². The van der Waals surface area contributed by atoms with Gasteiger partial charge in [-0.15, -0.1) is 0 Å². The number of hydrogen-bond acceptors (Lipinski definition) is 4. The summed E-state index contributed by atoms with van der Waals surface area (Å²) in [6.45, 7) is 3.86. The third kappa shape index (κ3) is 5.89. The number of aliphatic imine (C=N–C) groups is 1. The SMILES string of the molecule is CN=C(NCc1cccc(OCCOC)c1)NC1CCN(c2ccccc2)C1. The van der Waals surface area contributed by atoms with E-state index in [2.05, 4.69) is 56.9 Å². The zero-order valence-electron chi connectivity index (χ0n) is 16.7. The van der Waals surface area contributed by atoms with Crippen LogP contribution in [0.25, 0.3) is 0 Å². The largest absolute Gasteiger partial charge is 0.491 e. The van der Waals surface area contributed by atoms with Crippen LogP contribution in [-0.4, -0.2) is 52.5 Å². The Hall–Kier alpha value is -2.73. The molecule has 0 amide bonds. The standard InChI is InChI=1S/C22H30N4O2/c1-23-22(24-16-18-7-6-10-21(15-18)28-14-13-27-2)25-19-11-12-26(17-19)20-8-4-3-5-9-20/h3-10,15,19H,11-14,16-17H2,1-2H3,(H2,23,24,25). The quantitative estimate of drug-likeness (QED) is 0.418. The average molecular weight is 383 g/mol. The fraction of sp³-hybridized carbons (Fsp3) is 0.409. The van der Waals surface area contributed by atoms with Gasteiger partial charge in [-0.1, -0.05) is 30.3 Å². The summed E-state index contributed by atoms with van der Waals surface area (Å²) in [7, 11) is 3.48. The molecule has 0 saturated carbocycles. The van der Waals surface area contributed by atoms with Crippen LogP contribution < -0.4 is 20.3 Å². The number of guanidine groups is 1. The highest BCUT2D eigenvalue weighted by Gasteiger charge is 2.23. The summed E-state index contributed by atoms with van der Waals surface area (Å²) >= 11 is 0. The second-order valence-electron chi connectivity index (χ2n) is 6.83. The van der Waals surface area contributed by atoms with E-state index in [9.17, 15) is 0 Å². The third-order valence-electron chi connectivity index (χ3n) is 4.79. The summed E-state index contributed by atoms with van der Waals surface area (Å²) in [5, 5.41) is 6.94. The van der Waals surface area contributed by atoms with Gasteiger partial charge in [0.15, 0.2) is 5.96 Å². The topological polar surface area (TPSA) is 58.1 Å². The molecule has 6 nitrogen and oxygen atoms in total. The molecular weight excluding hydrogens is 352 g/mol. The van der Waals surface area contributed by atoms with Crippen LogP contribution in [0.4, 0.5) is 5.69 Å². The van der Waals surface area contributed by atoms with Crippen molar-refractivity contribution in [3.05, 3.63) is 60.2 Å². The molecule has 1 heterocycles. The second-order valence-corrected chi connectivity index (χ2v) is 6.83. The monoisotopic (exact) mass is 382 g/mol. The van der Waals surface area contributed by atoms with Crippen LogP contribution >= 0.6 is 0 Å². The van der Waals surface area contributed by atoms with Gasteiger partial charge in [0, 0.05) is 45.5 Å². The van der Waals surface area contributed by atoms with E-state index in [4.69, 9.17) is 9.47 Å². The zero-order valence-corrected chi connectivity index (χ0v) is 16.7. The summed E-state index contributed by atoms with van der Waals surface area (Å²) < 4.78 is 10.7. The lowest BCUT2D eigenvalue weighted by atomic mass is 10.2. The molecule has 2 aromatic carbocycles.